The van der Waals surface area contributed by atoms with Crippen LogP contribution in [0.25, 0.3) is 5.69 Å². The van der Waals surface area contributed by atoms with Gasteiger partial charge in [0.25, 0.3) is 0 Å². The molecule has 0 radical (unpaired) electrons. The molecule has 2 aromatic rings. The van der Waals surface area contributed by atoms with Gasteiger partial charge in [-0.25, -0.2) is 4.68 Å². The van der Waals surface area contributed by atoms with Crippen molar-refractivity contribution in [3.05, 3.63) is 46.2 Å². The normalized spacial score (nSPS) is 10.8. The van der Waals surface area contributed by atoms with Crippen LogP contribution in [0.15, 0.2) is 24.3 Å². The van der Waals surface area contributed by atoms with E-state index in [0.29, 0.717) is 11.6 Å². The van der Waals surface area contributed by atoms with E-state index in [-0.39, 0.29) is 0 Å². The number of aryl methyl sites for hydroxylation is 1. The lowest BCUT2D eigenvalue weighted by Crippen LogP contribution is -2.07. The highest BCUT2D eigenvalue weighted by Crippen LogP contribution is 2.19. The third kappa shape index (κ3) is 1.84. The van der Waals surface area contributed by atoms with E-state index in [1.54, 1.807) is 0 Å². The van der Waals surface area contributed by atoms with Crippen LogP contribution in [0, 0.1) is 13.8 Å². The molecule has 0 saturated heterocycles. The Hall–Kier alpha value is -1.32. The predicted octanol–water partition coefficient (Wildman–Crippen LogP) is 2.60. The van der Waals surface area contributed by atoms with E-state index in [4.69, 9.17) is 17.3 Å². The second-order valence-corrected chi connectivity index (χ2v) is 4.19. The number of hydrogen-bond acceptors (Lipinski definition) is 2. The van der Waals surface area contributed by atoms with E-state index in [2.05, 4.69) is 5.10 Å². The van der Waals surface area contributed by atoms with Gasteiger partial charge in [0.2, 0.25) is 0 Å². The summed E-state index contributed by atoms with van der Waals surface area (Å²) in [5.74, 6) is 0. The highest BCUT2D eigenvalue weighted by molar-refractivity contribution is 6.30. The molecule has 0 spiro atoms. The average molecular weight is 236 g/mol. The van der Waals surface area contributed by atoms with Crippen LogP contribution in [0.2, 0.25) is 5.02 Å². The van der Waals surface area contributed by atoms with Gasteiger partial charge in [-0.15, -0.1) is 0 Å². The standard InChI is InChI=1S/C12H14ClN3/c1-8-9(2)15-16(12(8)7-14)11-5-3-4-10(13)6-11/h3-6H,7,14H2,1-2H3. The molecule has 0 atom stereocenters. The Morgan fingerprint density at radius 3 is 2.75 bits per heavy atom. The molecule has 0 aliphatic rings. The van der Waals surface area contributed by atoms with Crippen molar-refractivity contribution in [3.8, 4) is 5.69 Å². The molecule has 0 bridgehead atoms. The minimum atomic E-state index is 0.471. The Morgan fingerprint density at radius 2 is 2.12 bits per heavy atom. The van der Waals surface area contributed by atoms with E-state index < -0.39 is 0 Å². The first kappa shape index (κ1) is 11.2. The van der Waals surface area contributed by atoms with Crippen LogP contribution < -0.4 is 5.73 Å². The van der Waals surface area contributed by atoms with Gasteiger partial charge in [0.15, 0.2) is 0 Å². The van der Waals surface area contributed by atoms with Crippen molar-refractivity contribution in [2.24, 2.45) is 5.73 Å². The third-order valence-corrected chi connectivity index (χ3v) is 2.96. The molecule has 0 saturated carbocycles. The van der Waals surface area contributed by atoms with Gasteiger partial charge in [-0.3, -0.25) is 0 Å². The van der Waals surface area contributed by atoms with Crippen molar-refractivity contribution >= 4 is 11.6 Å². The lowest BCUT2D eigenvalue weighted by molar-refractivity contribution is 0.794. The lowest BCUT2D eigenvalue weighted by Gasteiger charge is -2.06. The molecule has 16 heavy (non-hydrogen) atoms. The molecular formula is C12H14ClN3. The highest BCUT2D eigenvalue weighted by atomic mass is 35.5. The topological polar surface area (TPSA) is 43.8 Å². The second kappa shape index (κ2) is 4.28. The molecule has 0 unspecified atom stereocenters. The summed E-state index contributed by atoms with van der Waals surface area (Å²) in [4.78, 5) is 0. The Bertz CT molecular complexity index is 517. The van der Waals surface area contributed by atoms with Crippen LogP contribution >= 0.6 is 11.6 Å². The van der Waals surface area contributed by atoms with Gasteiger partial charge in [-0.05, 0) is 37.6 Å². The lowest BCUT2D eigenvalue weighted by atomic mass is 10.2. The van der Waals surface area contributed by atoms with Crippen molar-refractivity contribution in [1.29, 1.82) is 0 Å². The van der Waals surface area contributed by atoms with Crippen LogP contribution in [-0.2, 0) is 6.54 Å². The number of hydrogen-bond donors (Lipinski definition) is 1. The van der Waals surface area contributed by atoms with Gasteiger partial charge in [0, 0.05) is 11.6 Å². The molecule has 1 aromatic carbocycles. The number of halogens is 1. The minimum absolute atomic E-state index is 0.471. The Balaban J connectivity index is 2.60. The van der Waals surface area contributed by atoms with Crippen LogP contribution in [-0.4, -0.2) is 9.78 Å². The smallest absolute Gasteiger partial charge is 0.0664 e. The fraction of sp³-hybridized carbons (Fsp3) is 0.250. The number of nitrogens with zero attached hydrogens (tertiary/aromatic N) is 2. The summed E-state index contributed by atoms with van der Waals surface area (Å²) in [6.45, 7) is 4.49. The summed E-state index contributed by atoms with van der Waals surface area (Å²) in [6, 6.07) is 7.60. The Kier molecular flexibility index (Phi) is 2.99. The zero-order chi connectivity index (χ0) is 11.7. The zero-order valence-corrected chi connectivity index (χ0v) is 10.1. The molecule has 0 aliphatic carbocycles. The summed E-state index contributed by atoms with van der Waals surface area (Å²) >= 11 is 5.96. The van der Waals surface area contributed by atoms with Crippen molar-refractivity contribution < 1.29 is 0 Å². The minimum Gasteiger partial charge on any atom is -0.325 e. The van der Waals surface area contributed by atoms with Crippen molar-refractivity contribution in [2.45, 2.75) is 20.4 Å². The molecule has 1 aromatic heterocycles. The highest BCUT2D eigenvalue weighted by Gasteiger charge is 2.11. The molecule has 2 N–H and O–H groups in total. The maximum atomic E-state index is 5.96. The summed E-state index contributed by atoms with van der Waals surface area (Å²) in [6.07, 6.45) is 0. The van der Waals surface area contributed by atoms with Gasteiger partial charge < -0.3 is 5.73 Å². The molecule has 2 rings (SSSR count). The molecule has 0 amide bonds. The quantitative estimate of drug-likeness (QED) is 0.870. The van der Waals surface area contributed by atoms with E-state index in [1.165, 1.54) is 0 Å². The number of rotatable bonds is 2. The molecule has 1 heterocycles. The van der Waals surface area contributed by atoms with Gasteiger partial charge in [0.05, 0.1) is 17.1 Å². The zero-order valence-electron chi connectivity index (χ0n) is 9.37. The van der Waals surface area contributed by atoms with E-state index in [9.17, 15) is 0 Å². The molecule has 84 valence electrons. The summed E-state index contributed by atoms with van der Waals surface area (Å²) in [5, 5.41) is 5.17. The van der Waals surface area contributed by atoms with Crippen LogP contribution in [0.4, 0.5) is 0 Å². The number of nitrogens with two attached hydrogens (primary N) is 1. The SMILES string of the molecule is Cc1nn(-c2cccc(Cl)c2)c(CN)c1C. The van der Waals surface area contributed by atoms with Crippen molar-refractivity contribution in [3.63, 3.8) is 0 Å². The van der Waals surface area contributed by atoms with E-state index in [0.717, 1.165) is 22.6 Å². The maximum Gasteiger partial charge on any atom is 0.0664 e. The first-order valence-corrected chi connectivity index (χ1v) is 5.52. The van der Waals surface area contributed by atoms with E-state index in [1.807, 2.05) is 42.8 Å². The number of aromatic nitrogens is 2. The summed E-state index contributed by atoms with van der Waals surface area (Å²) in [5.41, 5.74) is 9.86. The molecule has 4 heteroatoms. The third-order valence-electron chi connectivity index (χ3n) is 2.73. The molecule has 0 aliphatic heterocycles. The monoisotopic (exact) mass is 235 g/mol. The van der Waals surface area contributed by atoms with Crippen LogP contribution in [0.1, 0.15) is 17.0 Å². The molecular weight excluding hydrogens is 222 g/mol. The summed E-state index contributed by atoms with van der Waals surface area (Å²) < 4.78 is 1.86. The predicted molar refractivity (Wildman–Crippen MR) is 65.9 cm³/mol. The van der Waals surface area contributed by atoms with Crippen molar-refractivity contribution in [2.75, 3.05) is 0 Å². The average Bonchev–Trinajstić information content (AvgIpc) is 2.55. The van der Waals surface area contributed by atoms with Crippen LogP contribution in [0.3, 0.4) is 0 Å². The molecule has 0 fully saturated rings. The Labute approximate surface area is 99.8 Å². The van der Waals surface area contributed by atoms with Gasteiger partial charge in [-0.2, -0.15) is 5.10 Å². The molecule has 3 nitrogen and oxygen atoms in total. The van der Waals surface area contributed by atoms with E-state index >= 15 is 0 Å². The number of benzene rings is 1. The summed E-state index contributed by atoms with van der Waals surface area (Å²) in [7, 11) is 0. The van der Waals surface area contributed by atoms with Crippen LogP contribution in [0.5, 0.6) is 0 Å². The first-order valence-electron chi connectivity index (χ1n) is 5.14. The maximum absolute atomic E-state index is 5.96. The second-order valence-electron chi connectivity index (χ2n) is 3.75. The van der Waals surface area contributed by atoms with Gasteiger partial charge in [0.1, 0.15) is 0 Å². The van der Waals surface area contributed by atoms with Gasteiger partial charge >= 0.3 is 0 Å². The largest absolute Gasteiger partial charge is 0.325 e. The fourth-order valence-electron chi connectivity index (χ4n) is 1.71. The fourth-order valence-corrected chi connectivity index (χ4v) is 1.90. The van der Waals surface area contributed by atoms with Gasteiger partial charge in [-0.1, -0.05) is 17.7 Å². The van der Waals surface area contributed by atoms with Crippen molar-refractivity contribution in [1.82, 2.24) is 9.78 Å². The Morgan fingerprint density at radius 1 is 1.38 bits per heavy atom. The first-order chi connectivity index (χ1) is 7.63.